The van der Waals surface area contributed by atoms with Gasteiger partial charge < -0.3 is 4.74 Å². The number of halogens is 3. The van der Waals surface area contributed by atoms with E-state index in [4.69, 9.17) is 16.3 Å². The number of aromatic nitrogens is 1. The molecule has 0 radical (unpaired) electrons. The van der Waals surface area contributed by atoms with Gasteiger partial charge in [0.15, 0.2) is 0 Å². The Balaban J connectivity index is 1.46. The fraction of sp³-hybridized carbons (Fsp3) is 0.292. The molecule has 2 atom stereocenters. The molecule has 0 amide bonds. The lowest BCUT2D eigenvalue weighted by Crippen LogP contribution is -2.20. The van der Waals surface area contributed by atoms with Gasteiger partial charge in [-0.25, -0.2) is 13.8 Å². The van der Waals surface area contributed by atoms with Crippen molar-refractivity contribution >= 4 is 11.6 Å². The molecule has 0 saturated carbocycles. The van der Waals surface area contributed by atoms with Crippen molar-refractivity contribution in [3.63, 3.8) is 0 Å². The average Bonchev–Trinajstić information content (AvgIpc) is 3.12. The van der Waals surface area contributed by atoms with Crippen LogP contribution >= 0.6 is 11.6 Å². The maximum atomic E-state index is 14.5. The fourth-order valence-corrected chi connectivity index (χ4v) is 4.25. The van der Waals surface area contributed by atoms with Crippen LogP contribution in [0.25, 0.3) is 0 Å². The Kier molecular flexibility index (Phi) is 6.60. The van der Waals surface area contributed by atoms with E-state index in [0.29, 0.717) is 23.1 Å². The average molecular weight is 429 g/mol. The number of benzene rings is 2. The van der Waals surface area contributed by atoms with E-state index in [0.717, 1.165) is 32.1 Å². The summed E-state index contributed by atoms with van der Waals surface area (Å²) in [6.07, 6.45) is 2.29. The predicted molar refractivity (Wildman–Crippen MR) is 114 cm³/mol. The zero-order chi connectivity index (χ0) is 20.9. The van der Waals surface area contributed by atoms with Crippen molar-refractivity contribution in [1.29, 1.82) is 0 Å². The lowest BCUT2D eigenvalue weighted by atomic mass is 9.86. The van der Waals surface area contributed by atoms with E-state index < -0.39 is 11.6 Å². The Morgan fingerprint density at radius 3 is 2.60 bits per heavy atom. The van der Waals surface area contributed by atoms with Crippen molar-refractivity contribution in [3.8, 4) is 5.88 Å². The Bertz CT molecular complexity index is 969. The highest BCUT2D eigenvalue weighted by atomic mass is 35.5. The van der Waals surface area contributed by atoms with Crippen LogP contribution in [0.5, 0.6) is 5.88 Å². The second kappa shape index (κ2) is 9.54. The number of pyridine rings is 1. The molecule has 0 spiro atoms. The number of likely N-dealkylation sites (tertiary alicyclic amines) is 1. The summed E-state index contributed by atoms with van der Waals surface area (Å²) in [5.41, 5.74) is 1.79. The van der Waals surface area contributed by atoms with Gasteiger partial charge in [0.1, 0.15) is 11.6 Å². The summed E-state index contributed by atoms with van der Waals surface area (Å²) in [6, 6.07) is 17.6. The van der Waals surface area contributed by atoms with Gasteiger partial charge in [-0.1, -0.05) is 48.0 Å². The van der Waals surface area contributed by atoms with E-state index in [1.165, 1.54) is 11.6 Å². The van der Waals surface area contributed by atoms with Crippen molar-refractivity contribution in [1.82, 2.24) is 9.88 Å². The second-order valence-electron chi connectivity index (χ2n) is 7.66. The van der Waals surface area contributed by atoms with Crippen molar-refractivity contribution in [2.75, 3.05) is 19.7 Å². The van der Waals surface area contributed by atoms with Gasteiger partial charge in [-0.15, -0.1) is 0 Å². The monoisotopic (exact) mass is 428 g/mol. The minimum absolute atomic E-state index is 0.0175. The van der Waals surface area contributed by atoms with E-state index in [9.17, 15) is 8.78 Å². The predicted octanol–water partition coefficient (Wildman–Crippen LogP) is 5.70. The smallest absolute Gasteiger partial charge is 0.213 e. The standard InChI is InChI=1S/C24H23ClF2N2O/c25-19-6-9-24(28-13-19)30-11-10-18-15-29(14-17-4-2-1-3-5-17)16-22(18)21-8-7-20(26)12-23(21)27/h1-9,12-13,18,22H,10-11,14-16H2. The first-order valence-electron chi connectivity index (χ1n) is 10.0. The quantitative estimate of drug-likeness (QED) is 0.482. The Morgan fingerprint density at radius 2 is 1.87 bits per heavy atom. The molecule has 2 unspecified atom stereocenters. The van der Waals surface area contributed by atoms with Crippen molar-refractivity contribution < 1.29 is 13.5 Å². The lowest BCUT2D eigenvalue weighted by Gasteiger charge is -2.19. The third-order valence-corrected chi connectivity index (χ3v) is 5.79. The SMILES string of the molecule is Fc1ccc(C2CN(Cc3ccccc3)CC2CCOc2ccc(Cl)cn2)c(F)c1. The van der Waals surface area contributed by atoms with Crippen LogP contribution in [0.1, 0.15) is 23.5 Å². The third kappa shape index (κ3) is 5.15. The van der Waals surface area contributed by atoms with Crippen LogP contribution in [0.15, 0.2) is 66.9 Å². The maximum absolute atomic E-state index is 14.5. The van der Waals surface area contributed by atoms with E-state index in [-0.39, 0.29) is 11.8 Å². The number of hydrogen-bond donors (Lipinski definition) is 0. The van der Waals surface area contributed by atoms with Gasteiger partial charge in [0.05, 0.1) is 11.6 Å². The molecule has 1 fully saturated rings. The molecule has 2 heterocycles. The Hall–Kier alpha value is -2.50. The van der Waals surface area contributed by atoms with E-state index in [1.807, 2.05) is 18.2 Å². The zero-order valence-electron chi connectivity index (χ0n) is 16.5. The largest absolute Gasteiger partial charge is 0.478 e. The van der Waals surface area contributed by atoms with Crippen LogP contribution in [0.3, 0.4) is 0 Å². The minimum atomic E-state index is -0.552. The van der Waals surface area contributed by atoms with E-state index >= 15 is 0 Å². The van der Waals surface area contributed by atoms with Crippen molar-refractivity contribution in [2.45, 2.75) is 18.9 Å². The molecule has 2 aromatic carbocycles. The van der Waals surface area contributed by atoms with Crippen LogP contribution in [0.2, 0.25) is 5.02 Å². The molecule has 0 N–H and O–H groups in total. The van der Waals surface area contributed by atoms with E-state index in [1.54, 1.807) is 24.4 Å². The molecule has 0 aliphatic carbocycles. The van der Waals surface area contributed by atoms with Crippen LogP contribution in [-0.2, 0) is 6.54 Å². The molecule has 1 aliphatic heterocycles. The minimum Gasteiger partial charge on any atom is -0.478 e. The highest BCUT2D eigenvalue weighted by Crippen LogP contribution is 2.37. The Labute approximate surface area is 180 Å². The summed E-state index contributed by atoms with van der Waals surface area (Å²) < 4.78 is 33.7. The first-order valence-corrected chi connectivity index (χ1v) is 10.4. The first kappa shape index (κ1) is 20.8. The molecular weight excluding hydrogens is 406 g/mol. The molecule has 3 aromatic rings. The summed E-state index contributed by atoms with van der Waals surface area (Å²) in [7, 11) is 0. The second-order valence-corrected chi connectivity index (χ2v) is 8.10. The van der Waals surface area contributed by atoms with E-state index in [2.05, 4.69) is 22.0 Å². The first-order chi connectivity index (χ1) is 14.6. The highest BCUT2D eigenvalue weighted by molar-refractivity contribution is 6.30. The van der Waals surface area contributed by atoms with Crippen molar-refractivity contribution in [2.24, 2.45) is 5.92 Å². The third-order valence-electron chi connectivity index (χ3n) is 5.57. The van der Waals surface area contributed by atoms with Gasteiger partial charge >= 0.3 is 0 Å². The normalized spacial score (nSPS) is 19.2. The van der Waals surface area contributed by atoms with Crippen LogP contribution < -0.4 is 4.74 Å². The zero-order valence-corrected chi connectivity index (χ0v) is 17.2. The van der Waals surface area contributed by atoms with Gasteiger partial charge in [0, 0.05) is 43.9 Å². The van der Waals surface area contributed by atoms with Crippen LogP contribution in [0, 0.1) is 17.6 Å². The van der Waals surface area contributed by atoms with Crippen LogP contribution in [0.4, 0.5) is 8.78 Å². The summed E-state index contributed by atoms with van der Waals surface area (Å²) in [5.74, 6) is -0.337. The van der Waals surface area contributed by atoms with Crippen molar-refractivity contribution in [3.05, 3.63) is 94.6 Å². The number of rotatable bonds is 7. The molecule has 156 valence electrons. The topological polar surface area (TPSA) is 25.4 Å². The molecule has 3 nitrogen and oxygen atoms in total. The summed E-state index contributed by atoms with van der Waals surface area (Å²) in [6.45, 7) is 2.82. The number of ether oxygens (including phenoxy) is 1. The lowest BCUT2D eigenvalue weighted by molar-refractivity contribution is 0.256. The fourth-order valence-electron chi connectivity index (χ4n) is 4.14. The van der Waals surface area contributed by atoms with Gasteiger partial charge in [-0.3, -0.25) is 4.90 Å². The summed E-state index contributed by atoms with van der Waals surface area (Å²) in [4.78, 5) is 6.48. The highest BCUT2D eigenvalue weighted by Gasteiger charge is 2.35. The molecule has 1 aliphatic rings. The van der Waals surface area contributed by atoms with Gasteiger partial charge in [-0.05, 0) is 35.6 Å². The molecule has 4 rings (SSSR count). The summed E-state index contributed by atoms with van der Waals surface area (Å²) >= 11 is 5.86. The molecule has 0 bridgehead atoms. The molecule has 1 saturated heterocycles. The number of nitrogens with zero attached hydrogens (tertiary/aromatic N) is 2. The summed E-state index contributed by atoms with van der Waals surface area (Å²) in [5, 5.41) is 0.557. The Morgan fingerprint density at radius 1 is 1.03 bits per heavy atom. The molecule has 30 heavy (non-hydrogen) atoms. The maximum Gasteiger partial charge on any atom is 0.213 e. The van der Waals surface area contributed by atoms with Crippen LogP contribution in [-0.4, -0.2) is 29.6 Å². The molecule has 1 aromatic heterocycles. The molecule has 6 heteroatoms. The molecular formula is C24H23ClF2N2O. The van der Waals surface area contributed by atoms with Gasteiger partial charge in [0.2, 0.25) is 5.88 Å². The van der Waals surface area contributed by atoms with Gasteiger partial charge in [0.25, 0.3) is 0 Å². The van der Waals surface area contributed by atoms with Gasteiger partial charge in [-0.2, -0.15) is 0 Å². The number of hydrogen-bond acceptors (Lipinski definition) is 3.